The molecule has 1 aliphatic rings. The van der Waals surface area contributed by atoms with Gasteiger partial charge in [-0.05, 0) is 82.2 Å². The smallest absolute Gasteiger partial charge is 0.338 e. The lowest BCUT2D eigenvalue weighted by atomic mass is 9.95. The number of methoxy groups -OCH3 is 1. The summed E-state index contributed by atoms with van der Waals surface area (Å²) in [6.45, 7) is 10.2. The van der Waals surface area contributed by atoms with Crippen LogP contribution >= 0.6 is 11.3 Å². The van der Waals surface area contributed by atoms with Crippen molar-refractivity contribution in [1.82, 2.24) is 9.13 Å². The molecule has 48 heavy (non-hydrogen) atoms. The first-order valence-corrected chi connectivity index (χ1v) is 16.6. The van der Waals surface area contributed by atoms with Gasteiger partial charge in [-0.3, -0.25) is 9.36 Å². The van der Waals surface area contributed by atoms with E-state index in [9.17, 15) is 14.9 Å². The van der Waals surface area contributed by atoms with E-state index in [1.54, 1.807) is 37.7 Å². The van der Waals surface area contributed by atoms with Crippen LogP contribution in [-0.4, -0.2) is 34.9 Å². The lowest BCUT2D eigenvalue weighted by Gasteiger charge is -2.25. The zero-order valence-corrected chi connectivity index (χ0v) is 28.6. The largest absolute Gasteiger partial charge is 0.493 e. The SMILES string of the molecule is CCOC(=O)C1=C(C)N=c2s/c(=C/c3c(C)n(Cc4ccc(C#N)cc4)c4ccccc34)c(=O)n2[C@H]1c1ccc(OC(C)C)c(OC)c1. The minimum Gasteiger partial charge on any atom is -0.493 e. The summed E-state index contributed by atoms with van der Waals surface area (Å²) in [6.07, 6.45) is 1.86. The number of fused-ring (bicyclic) bond motifs is 2. The molecule has 1 atom stereocenters. The van der Waals surface area contributed by atoms with Gasteiger partial charge in [0.25, 0.3) is 5.56 Å². The Bertz CT molecular complexity index is 2300. The molecule has 0 unspecified atom stereocenters. The first-order valence-electron chi connectivity index (χ1n) is 15.8. The van der Waals surface area contributed by atoms with Crippen LogP contribution in [0.4, 0.5) is 0 Å². The van der Waals surface area contributed by atoms with Crippen LogP contribution in [0.25, 0.3) is 17.0 Å². The molecule has 2 aromatic heterocycles. The van der Waals surface area contributed by atoms with Crippen LogP contribution in [-0.2, 0) is 16.1 Å². The lowest BCUT2D eigenvalue weighted by Crippen LogP contribution is -2.40. The highest BCUT2D eigenvalue weighted by Gasteiger charge is 2.34. The Labute approximate surface area is 282 Å². The van der Waals surface area contributed by atoms with E-state index in [1.807, 2.05) is 69.3 Å². The molecule has 0 saturated carbocycles. The fourth-order valence-corrected chi connectivity index (χ4v) is 7.18. The molecule has 0 bridgehead atoms. The third kappa shape index (κ3) is 5.93. The van der Waals surface area contributed by atoms with Crippen molar-refractivity contribution in [3.63, 3.8) is 0 Å². The van der Waals surface area contributed by atoms with E-state index >= 15 is 0 Å². The Morgan fingerprint density at radius 2 is 1.83 bits per heavy atom. The minimum absolute atomic E-state index is 0.0711. The molecule has 5 aromatic rings. The predicted octanol–water partition coefficient (Wildman–Crippen LogP) is 5.78. The van der Waals surface area contributed by atoms with Gasteiger partial charge in [-0.1, -0.05) is 47.7 Å². The van der Waals surface area contributed by atoms with Gasteiger partial charge >= 0.3 is 5.97 Å². The van der Waals surface area contributed by atoms with Crippen molar-refractivity contribution in [2.75, 3.05) is 13.7 Å². The van der Waals surface area contributed by atoms with E-state index in [1.165, 1.54) is 11.3 Å². The van der Waals surface area contributed by atoms with Crippen LogP contribution in [0, 0.1) is 18.3 Å². The molecule has 0 saturated heterocycles. The highest BCUT2D eigenvalue weighted by molar-refractivity contribution is 7.07. The zero-order chi connectivity index (χ0) is 34.1. The van der Waals surface area contributed by atoms with Gasteiger partial charge in [0.05, 0.1) is 53.3 Å². The fourth-order valence-electron chi connectivity index (χ4n) is 6.15. The highest BCUT2D eigenvalue weighted by atomic mass is 32.1. The second-order valence-corrected chi connectivity index (χ2v) is 12.8. The number of benzene rings is 3. The number of rotatable bonds is 9. The second kappa shape index (κ2) is 13.4. The first kappa shape index (κ1) is 32.5. The van der Waals surface area contributed by atoms with E-state index in [0.29, 0.717) is 49.8 Å². The summed E-state index contributed by atoms with van der Waals surface area (Å²) in [4.78, 5) is 33.1. The number of hydrogen-bond donors (Lipinski definition) is 0. The molecule has 3 aromatic carbocycles. The zero-order valence-electron chi connectivity index (χ0n) is 27.7. The third-order valence-corrected chi connectivity index (χ3v) is 9.34. The number of nitriles is 1. The Balaban J connectivity index is 1.53. The van der Waals surface area contributed by atoms with Crippen molar-refractivity contribution >= 4 is 34.3 Å². The number of carbonyl (C=O) groups excluding carboxylic acids is 1. The number of para-hydroxylation sites is 1. The molecule has 244 valence electrons. The molecule has 0 amide bonds. The van der Waals surface area contributed by atoms with Crippen molar-refractivity contribution in [2.45, 2.75) is 53.3 Å². The number of hydrogen-bond acceptors (Lipinski definition) is 8. The van der Waals surface area contributed by atoms with Gasteiger partial charge < -0.3 is 18.8 Å². The van der Waals surface area contributed by atoms with Crippen LogP contribution < -0.4 is 24.4 Å². The molecule has 9 nitrogen and oxygen atoms in total. The number of ether oxygens (including phenoxy) is 3. The normalized spacial score (nSPS) is 14.5. The average Bonchev–Trinajstić information content (AvgIpc) is 3.52. The summed E-state index contributed by atoms with van der Waals surface area (Å²) in [7, 11) is 1.56. The summed E-state index contributed by atoms with van der Waals surface area (Å²) in [6, 6.07) is 22.5. The van der Waals surface area contributed by atoms with Gasteiger partial charge in [-0.15, -0.1) is 0 Å². The molecule has 3 heterocycles. The average molecular weight is 661 g/mol. The molecule has 10 heteroatoms. The van der Waals surface area contributed by atoms with Gasteiger partial charge in [0, 0.05) is 28.7 Å². The molecular weight excluding hydrogens is 625 g/mol. The molecule has 0 spiro atoms. The van der Waals surface area contributed by atoms with Crippen LogP contribution in [0.15, 0.2) is 87.8 Å². The van der Waals surface area contributed by atoms with Gasteiger partial charge in [0.1, 0.15) is 0 Å². The van der Waals surface area contributed by atoms with E-state index in [-0.39, 0.29) is 18.3 Å². The Hall–Kier alpha value is -5.40. The van der Waals surface area contributed by atoms with Gasteiger partial charge in [-0.25, -0.2) is 9.79 Å². The van der Waals surface area contributed by atoms with E-state index in [2.05, 4.69) is 22.8 Å². The summed E-state index contributed by atoms with van der Waals surface area (Å²) in [5, 5.41) is 10.2. The summed E-state index contributed by atoms with van der Waals surface area (Å²) in [5.74, 6) is 0.531. The minimum atomic E-state index is -0.789. The fraction of sp³-hybridized carbons (Fsp3) is 0.263. The standard InChI is InChI=1S/C38H36N4O5S/c1-7-46-37(44)34-23(4)40-38-42(35(34)27-16-17-31(47-22(2)3)32(18-27)45-6)36(43)33(48-38)19-29-24(5)41(30-11-9-8-10-28(29)30)21-26-14-12-25(20-39)13-15-26/h8-19,22,35H,7,21H2,1-6H3/b33-19+/t35-/m0/s1. The lowest BCUT2D eigenvalue weighted by molar-refractivity contribution is -0.139. The Morgan fingerprint density at radius 1 is 1.08 bits per heavy atom. The highest BCUT2D eigenvalue weighted by Crippen LogP contribution is 2.36. The molecular formula is C38H36N4O5S. The number of carbonyl (C=O) groups is 1. The van der Waals surface area contributed by atoms with E-state index < -0.39 is 12.0 Å². The summed E-state index contributed by atoms with van der Waals surface area (Å²) in [5.41, 5.74) is 5.83. The van der Waals surface area contributed by atoms with Crippen molar-refractivity contribution in [3.8, 4) is 17.6 Å². The second-order valence-electron chi connectivity index (χ2n) is 11.8. The topological polar surface area (TPSA) is 108 Å². The maximum atomic E-state index is 14.4. The first-order chi connectivity index (χ1) is 23.1. The van der Waals surface area contributed by atoms with Crippen LogP contribution in [0.2, 0.25) is 0 Å². The monoisotopic (exact) mass is 660 g/mol. The Morgan fingerprint density at radius 3 is 2.52 bits per heavy atom. The molecule has 1 aliphatic heterocycles. The van der Waals surface area contributed by atoms with Crippen molar-refractivity contribution in [3.05, 3.63) is 126 Å². The van der Waals surface area contributed by atoms with Gasteiger partial charge in [0.15, 0.2) is 16.3 Å². The van der Waals surface area contributed by atoms with Crippen molar-refractivity contribution in [1.29, 1.82) is 5.26 Å². The molecule has 0 fully saturated rings. The number of esters is 1. The molecule has 0 aliphatic carbocycles. The van der Waals surface area contributed by atoms with Crippen molar-refractivity contribution < 1.29 is 19.0 Å². The number of thiazole rings is 1. The van der Waals surface area contributed by atoms with Gasteiger partial charge in [-0.2, -0.15) is 5.26 Å². The third-order valence-electron chi connectivity index (χ3n) is 8.36. The van der Waals surface area contributed by atoms with Crippen LogP contribution in [0.3, 0.4) is 0 Å². The quantitative estimate of drug-likeness (QED) is 0.186. The predicted molar refractivity (Wildman–Crippen MR) is 186 cm³/mol. The maximum Gasteiger partial charge on any atom is 0.338 e. The number of allylic oxidation sites excluding steroid dienone is 1. The number of nitrogens with zero attached hydrogens (tertiary/aromatic N) is 4. The Kier molecular flexibility index (Phi) is 9.07. The maximum absolute atomic E-state index is 14.4. The van der Waals surface area contributed by atoms with Crippen molar-refractivity contribution in [2.24, 2.45) is 4.99 Å². The number of aromatic nitrogens is 2. The molecule has 6 rings (SSSR count). The van der Waals surface area contributed by atoms with E-state index in [4.69, 9.17) is 19.2 Å². The van der Waals surface area contributed by atoms with Gasteiger partial charge in [0.2, 0.25) is 0 Å². The summed E-state index contributed by atoms with van der Waals surface area (Å²) >= 11 is 1.29. The molecule has 0 radical (unpaired) electrons. The summed E-state index contributed by atoms with van der Waals surface area (Å²) < 4.78 is 21.4. The van der Waals surface area contributed by atoms with Crippen LogP contribution in [0.1, 0.15) is 61.7 Å². The molecule has 0 N–H and O–H groups in total. The van der Waals surface area contributed by atoms with E-state index in [0.717, 1.165) is 27.7 Å². The van der Waals surface area contributed by atoms with Crippen LogP contribution in [0.5, 0.6) is 11.5 Å².